The molecule has 0 fully saturated rings. The normalized spacial score (nSPS) is 21.2. The van der Waals surface area contributed by atoms with Crippen molar-refractivity contribution in [3.63, 3.8) is 0 Å². The predicted octanol–water partition coefficient (Wildman–Crippen LogP) is 2.26. The molecule has 3 aromatic heterocycles. The number of thioether (sulfide) groups is 1. The molecule has 0 radical (unpaired) electrons. The van der Waals surface area contributed by atoms with Gasteiger partial charge in [0.2, 0.25) is 0 Å². The summed E-state index contributed by atoms with van der Waals surface area (Å²) >= 11 is 1.42. The number of fused-ring (bicyclic) bond motifs is 6. The molecule has 1 aliphatic rings. The van der Waals surface area contributed by atoms with Crippen molar-refractivity contribution in [2.45, 2.75) is 37.1 Å². The molecule has 1 atom stereocenters. The van der Waals surface area contributed by atoms with Gasteiger partial charge in [-0.3, -0.25) is 4.79 Å². The second kappa shape index (κ2) is 6.37. The Morgan fingerprint density at radius 3 is 2.92 bits per heavy atom. The molecule has 4 heterocycles. The van der Waals surface area contributed by atoms with Crippen LogP contribution >= 0.6 is 11.8 Å². The molecule has 3 aromatic rings. The molecule has 1 N–H and O–H groups in total. The summed E-state index contributed by atoms with van der Waals surface area (Å²) in [5.74, 6) is 0.552. The van der Waals surface area contributed by atoms with E-state index in [0.717, 1.165) is 0 Å². The Morgan fingerprint density at radius 2 is 2.12 bits per heavy atom. The largest absolute Gasteiger partial charge is 0.384 e. The number of rotatable bonds is 1. The number of nitrogens with zero attached hydrogens (tertiary/aromatic N) is 5. The molecule has 2 bridgehead atoms. The first-order chi connectivity index (χ1) is 12.5. The molecule has 0 saturated heterocycles. The van der Waals surface area contributed by atoms with E-state index < -0.39 is 5.60 Å². The van der Waals surface area contributed by atoms with Crippen molar-refractivity contribution in [3.05, 3.63) is 52.6 Å². The highest BCUT2D eigenvalue weighted by Gasteiger charge is 2.26. The van der Waals surface area contributed by atoms with E-state index in [1.165, 1.54) is 11.8 Å². The van der Waals surface area contributed by atoms with E-state index in [1.54, 1.807) is 22.5 Å². The second-order valence-electron chi connectivity index (χ2n) is 6.46. The second-order valence-corrected chi connectivity index (χ2v) is 7.23. The topological polar surface area (TPSA) is 85.8 Å². The summed E-state index contributed by atoms with van der Waals surface area (Å²) in [6, 6.07) is 5.47. The minimum Gasteiger partial charge on any atom is -0.384 e. The van der Waals surface area contributed by atoms with Gasteiger partial charge >= 0.3 is 0 Å². The molecule has 0 spiro atoms. The molecular formula is C18H19N5O2S. The summed E-state index contributed by atoms with van der Waals surface area (Å²) in [7, 11) is 0. The summed E-state index contributed by atoms with van der Waals surface area (Å²) in [5, 5.41) is 11.8. The Kier molecular flexibility index (Phi) is 4.16. The van der Waals surface area contributed by atoms with Crippen LogP contribution in [-0.4, -0.2) is 35.7 Å². The molecule has 0 saturated carbocycles. The Morgan fingerprint density at radius 1 is 1.27 bits per heavy atom. The number of aromatic nitrogens is 5. The lowest BCUT2D eigenvalue weighted by Gasteiger charge is -2.22. The van der Waals surface area contributed by atoms with Crippen molar-refractivity contribution in [2.75, 3.05) is 6.26 Å². The van der Waals surface area contributed by atoms with Crippen LogP contribution < -0.4 is 5.56 Å². The minimum atomic E-state index is -1.04. The average Bonchev–Trinajstić information content (AvgIpc) is 2.91. The van der Waals surface area contributed by atoms with Crippen LogP contribution in [0.5, 0.6) is 0 Å². The standard InChI is InChI=1S/C18H19N5O2S/c1-18(25)9-4-3-5-10-22-16(24)12-11-19-17(26-2)21-15(12)23(22)14-8-6-7-13(18)20-14/h3,5-8,11,25H,4,9-10H2,1-2H3/b5-3-/t18-/m1/s1. The highest BCUT2D eigenvalue weighted by Crippen LogP contribution is 2.26. The maximum Gasteiger partial charge on any atom is 0.278 e. The van der Waals surface area contributed by atoms with Crippen LogP contribution in [-0.2, 0) is 12.1 Å². The molecule has 4 rings (SSSR count). The zero-order valence-corrected chi connectivity index (χ0v) is 15.4. The fourth-order valence-corrected chi connectivity index (χ4v) is 3.47. The molecule has 8 heteroatoms. The molecule has 7 nitrogen and oxygen atoms in total. The lowest BCUT2D eigenvalue weighted by molar-refractivity contribution is 0.0443. The van der Waals surface area contributed by atoms with Crippen molar-refractivity contribution in [1.82, 2.24) is 24.3 Å². The van der Waals surface area contributed by atoms with E-state index in [-0.39, 0.29) is 5.56 Å². The van der Waals surface area contributed by atoms with Gasteiger partial charge in [-0.1, -0.05) is 30.0 Å². The molecular weight excluding hydrogens is 350 g/mol. The molecule has 0 unspecified atom stereocenters. The Bertz CT molecular complexity index is 1070. The van der Waals surface area contributed by atoms with Gasteiger partial charge in [0.05, 0.1) is 12.2 Å². The maximum absolute atomic E-state index is 12.9. The zero-order valence-electron chi connectivity index (χ0n) is 14.6. The molecule has 134 valence electrons. The van der Waals surface area contributed by atoms with Crippen molar-refractivity contribution in [2.24, 2.45) is 0 Å². The minimum absolute atomic E-state index is 0.157. The van der Waals surface area contributed by atoms with Crippen molar-refractivity contribution in [3.8, 4) is 5.82 Å². The number of allylic oxidation sites excluding steroid dienone is 2. The van der Waals surface area contributed by atoms with Gasteiger partial charge in [0.1, 0.15) is 11.0 Å². The van der Waals surface area contributed by atoms with E-state index in [1.807, 2.05) is 36.6 Å². The summed E-state index contributed by atoms with van der Waals surface area (Å²) in [4.78, 5) is 26.3. The number of pyridine rings is 1. The predicted molar refractivity (Wildman–Crippen MR) is 101 cm³/mol. The SMILES string of the molecule is CSc1ncc2c(=O)n3n(c2n1)-c1cccc(n1)[C@](C)(O)CC/C=C\C3. The molecule has 0 aromatic carbocycles. The fraction of sp³-hybridized carbons (Fsp3) is 0.333. The number of hydrogen-bond acceptors (Lipinski definition) is 6. The lowest BCUT2D eigenvalue weighted by atomic mass is 9.95. The van der Waals surface area contributed by atoms with E-state index in [2.05, 4.69) is 15.0 Å². The van der Waals surface area contributed by atoms with Gasteiger partial charge in [0.25, 0.3) is 5.56 Å². The Balaban J connectivity index is 2.07. The molecule has 0 aliphatic carbocycles. The first-order valence-electron chi connectivity index (χ1n) is 8.39. The monoisotopic (exact) mass is 369 g/mol. The van der Waals surface area contributed by atoms with Crippen molar-refractivity contribution >= 4 is 22.8 Å². The van der Waals surface area contributed by atoms with Crippen LogP contribution in [0.15, 0.2) is 46.5 Å². The van der Waals surface area contributed by atoms with Gasteiger partial charge < -0.3 is 5.11 Å². The van der Waals surface area contributed by atoms with E-state index in [9.17, 15) is 9.90 Å². The van der Waals surface area contributed by atoms with Gasteiger partial charge in [-0.25, -0.2) is 24.3 Å². The number of hydrogen-bond donors (Lipinski definition) is 1. The third kappa shape index (κ3) is 2.75. The smallest absolute Gasteiger partial charge is 0.278 e. The van der Waals surface area contributed by atoms with Gasteiger partial charge in [-0.15, -0.1) is 0 Å². The van der Waals surface area contributed by atoms with Crippen molar-refractivity contribution in [1.29, 1.82) is 0 Å². The summed E-state index contributed by atoms with van der Waals surface area (Å²) in [5.41, 5.74) is -0.106. The highest BCUT2D eigenvalue weighted by molar-refractivity contribution is 7.98. The van der Waals surface area contributed by atoms with Crippen LogP contribution in [0.4, 0.5) is 0 Å². The van der Waals surface area contributed by atoms with Gasteiger partial charge in [0, 0.05) is 6.20 Å². The number of aliphatic hydroxyl groups is 1. The fourth-order valence-electron chi connectivity index (χ4n) is 3.13. The van der Waals surface area contributed by atoms with Gasteiger partial charge in [-0.2, -0.15) is 0 Å². The summed E-state index contributed by atoms with van der Waals surface area (Å²) < 4.78 is 3.32. The van der Waals surface area contributed by atoms with Crippen LogP contribution in [0.25, 0.3) is 16.9 Å². The van der Waals surface area contributed by atoms with Crippen LogP contribution in [0.3, 0.4) is 0 Å². The van der Waals surface area contributed by atoms with Crippen molar-refractivity contribution < 1.29 is 5.11 Å². The third-order valence-corrected chi connectivity index (χ3v) is 5.14. The zero-order chi connectivity index (χ0) is 18.3. The molecule has 0 amide bonds. The Hall–Kier alpha value is -2.45. The molecule has 1 aliphatic heterocycles. The van der Waals surface area contributed by atoms with E-state index >= 15 is 0 Å². The van der Waals surface area contributed by atoms with Gasteiger partial charge in [-0.05, 0) is 38.2 Å². The third-order valence-electron chi connectivity index (χ3n) is 4.58. The molecule has 26 heavy (non-hydrogen) atoms. The first kappa shape index (κ1) is 17.0. The lowest BCUT2D eigenvalue weighted by Crippen LogP contribution is -2.24. The van der Waals surface area contributed by atoms with Crippen LogP contribution in [0.1, 0.15) is 25.5 Å². The van der Waals surface area contributed by atoms with E-state index in [4.69, 9.17) is 0 Å². The average molecular weight is 369 g/mol. The van der Waals surface area contributed by atoms with E-state index in [0.29, 0.717) is 47.1 Å². The first-order valence-corrected chi connectivity index (χ1v) is 9.61. The summed E-state index contributed by atoms with van der Waals surface area (Å²) in [6.07, 6.45) is 8.63. The van der Waals surface area contributed by atoms with Gasteiger partial charge in [0.15, 0.2) is 16.6 Å². The Labute approximate surface area is 154 Å². The highest BCUT2D eigenvalue weighted by atomic mass is 32.2. The van der Waals surface area contributed by atoms with Crippen LogP contribution in [0.2, 0.25) is 0 Å². The van der Waals surface area contributed by atoms with Crippen LogP contribution in [0, 0.1) is 0 Å². The quantitative estimate of drug-likeness (QED) is 0.402. The summed E-state index contributed by atoms with van der Waals surface area (Å²) in [6.45, 7) is 2.16. The maximum atomic E-state index is 12.9.